The van der Waals surface area contributed by atoms with Crippen molar-refractivity contribution in [3.8, 4) is 0 Å². The molecular formula is C32H36O. The molecule has 2 aromatic rings. The molecule has 1 saturated carbocycles. The van der Waals surface area contributed by atoms with Crippen LogP contribution in [-0.2, 0) is 24.1 Å². The summed E-state index contributed by atoms with van der Waals surface area (Å²) in [6.07, 6.45) is 17.5. The van der Waals surface area contributed by atoms with Crippen LogP contribution < -0.4 is 0 Å². The van der Waals surface area contributed by atoms with Gasteiger partial charge < -0.3 is 0 Å². The highest BCUT2D eigenvalue weighted by Crippen LogP contribution is 2.38. The van der Waals surface area contributed by atoms with E-state index in [2.05, 4.69) is 63.1 Å². The number of rotatable bonds is 10. The van der Waals surface area contributed by atoms with Gasteiger partial charge >= 0.3 is 0 Å². The van der Waals surface area contributed by atoms with Gasteiger partial charge in [-0.25, -0.2) is 0 Å². The lowest BCUT2D eigenvalue weighted by Gasteiger charge is -2.21. The minimum absolute atomic E-state index is 0.271. The molecule has 2 aliphatic carbocycles. The number of hydrogen-bond donors (Lipinski definition) is 0. The summed E-state index contributed by atoms with van der Waals surface area (Å²) < 4.78 is 0. The van der Waals surface area contributed by atoms with Crippen molar-refractivity contribution in [2.75, 3.05) is 0 Å². The molecule has 33 heavy (non-hydrogen) atoms. The molecule has 1 fully saturated rings. The van der Waals surface area contributed by atoms with Gasteiger partial charge in [0.1, 0.15) is 5.78 Å². The zero-order valence-electron chi connectivity index (χ0n) is 20.1. The van der Waals surface area contributed by atoms with Crippen molar-refractivity contribution < 1.29 is 4.79 Å². The molecular weight excluding hydrogens is 400 g/mol. The average Bonchev–Trinajstić information content (AvgIpc) is 3.26. The van der Waals surface area contributed by atoms with E-state index in [-0.39, 0.29) is 5.78 Å². The maximum atomic E-state index is 12.1. The second-order valence-electron chi connectivity index (χ2n) is 9.65. The zero-order chi connectivity index (χ0) is 23.4. The highest BCUT2D eigenvalue weighted by Gasteiger charge is 2.23. The van der Waals surface area contributed by atoms with E-state index >= 15 is 0 Å². The molecule has 0 spiro atoms. The third-order valence-corrected chi connectivity index (χ3v) is 7.39. The van der Waals surface area contributed by atoms with Crippen LogP contribution in [0.2, 0.25) is 0 Å². The van der Waals surface area contributed by atoms with E-state index < -0.39 is 0 Å². The fourth-order valence-electron chi connectivity index (χ4n) is 5.32. The molecule has 170 valence electrons. The Morgan fingerprint density at radius 1 is 1.06 bits per heavy atom. The van der Waals surface area contributed by atoms with Crippen molar-refractivity contribution in [3.05, 3.63) is 101 Å². The molecule has 2 aliphatic rings. The summed E-state index contributed by atoms with van der Waals surface area (Å²) in [5.74, 6) is 0.999. The number of aryl methyl sites for hydroxylation is 2. The molecule has 1 heteroatoms. The van der Waals surface area contributed by atoms with Gasteiger partial charge in [-0.05, 0) is 108 Å². The first kappa shape index (κ1) is 23.2. The minimum Gasteiger partial charge on any atom is -0.299 e. The fourth-order valence-corrected chi connectivity index (χ4v) is 5.32. The van der Waals surface area contributed by atoms with Crippen molar-refractivity contribution in [1.29, 1.82) is 0 Å². The van der Waals surface area contributed by atoms with Crippen molar-refractivity contribution >= 4 is 23.5 Å². The van der Waals surface area contributed by atoms with Gasteiger partial charge in [0.25, 0.3) is 0 Å². The second kappa shape index (κ2) is 10.3. The maximum Gasteiger partial charge on any atom is 0.136 e. The van der Waals surface area contributed by atoms with Gasteiger partial charge in [-0.15, -0.1) is 6.58 Å². The molecule has 0 unspecified atom stereocenters. The van der Waals surface area contributed by atoms with Crippen LogP contribution >= 0.6 is 0 Å². The normalized spacial score (nSPS) is 15.3. The van der Waals surface area contributed by atoms with Crippen molar-refractivity contribution in [2.24, 2.45) is 5.92 Å². The van der Waals surface area contributed by atoms with E-state index in [9.17, 15) is 4.79 Å². The molecule has 0 bridgehead atoms. The summed E-state index contributed by atoms with van der Waals surface area (Å²) in [5.41, 5.74) is 11.5. The molecule has 0 heterocycles. The lowest BCUT2D eigenvalue weighted by molar-refractivity contribution is -0.118. The van der Waals surface area contributed by atoms with Crippen LogP contribution in [0.5, 0.6) is 0 Å². The predicted octanol–water partition coefficient (Wildman–Crippen LogP) is 8.08. The SMILES string of the molecule is C=CCC(=O)CCc1cc(C)c(C(=C)c2ccc(C=C)c(/C=C/C3CCC3)c2)c2c1CCC2. The first-order valence-corrected chi connectivity index (χ1v) is 12.4. The highest BCUT2D eigenvalue weighted by molar-refractivity contribution is 5.85. The van der Waals surface area contributed by atoms with E-state index in [0.717, 1.165) is 30.8 Å². The Morgan fingerprint density at radius 3 is 2.55 bits per heavy atom. The summed E-state index contributed by atoms with van der Waals surface area (Å²) in [4.78, 5) is 12.1. The fraction of sp³-hybridized carbons (Fsp3) is 0.344. The third-order valence-electron chi connectivity index (χ3n) is 7.39. The van der Waals surface area contributed by atoms with E-state index in [1.165, 1.54) is 70.2 Å². The number of Topliss-reactive ketones (excluding diaryl/α,β-unsaturated/α-hetero) is 1. The molecule has 0 aliphatic heterocycles. The van der Waals surface area contributed by atoms with E-state index in [0.29, 0.717) is 12.8 Å². The number of hydrogen-bond acceptors (Lipinski definition) is 1. The second-order valence-corrected chi connectivity index (χ2v) is 9.65. The van der Waals surface area contributed by atoms with Crippen LogP contribution in [-0.4, -0.2) is 5.78 Å². The third kappa shape index (κ3) is 5.03. The quantitative estimate of drug-likeness (QED) is 0.344. The first-order valence-electron chi connectivity index (χ1n) is 12.4. The number of carbonyl (C=O) groups is 1. The summed E-state index contributed by atoms with van der Waals surface area (Å²) in [6.45, 7) is 14.5. The largest absolute Gasteiger partial charge is 0.299 e. The number of fused-ring (bicyclic) bond motifs is 1. The Kier molecular flexibility index (Phi) is 7.28. The van der Waals surface area contributed by atoms with Gasteiger partial charge in [-0.1, -0.05) is 62.1 Å². The average molecular weight is 437 g/mol. The van der Waals surface area contributed by atoms with Gasteiger partial charge in [-0.3, -0.25) is 4.79 Å². The van der Waals surface area contributed by atoms with Crippen LogP contribution in [0.25, 0.3) is 17.7 Å². The lowest BCUT2D eigenvalue weighted by Crippen LogP contribution is -2.06. The van der Waals surface area contributed by atoms with Crippen molar-refractivity contribution in [3.63, 3.8) is 0 Å². The smallest absolute Gasteiger partial charge is 0.136 e. The van der Waals surface area contributed by atoms with E-state index in [1.54, 1.807) is 6.08 Å². The van der Waals surface area contributed by atoms with Crippen molar-refractivity contribution in [2.45, 2.75) is 64.7 Å². The van der Waals surface area contributed by atoms with E-state index in [4.69, 9.17) is 0 Å². The molecule has 0 radical (unpaired) electrons. The van der Waals surface area contributed by atoms with E-state index in [1.807, 2.05) is 6.08 Å². The molecule has 0 atom stereocenters. The summed E-state index contributed by atoms with van der Waals surface area (Å²) in [7, 11) is 0. The standard InChI is InChI=1S/C32H36O/c1-5-9-29(33)19-18-28-20-22(3)32(31-13-8-12-30(28)31)23(4)26-17-16-25(6-2)27(21-26)15-14-24-10-7-11-24/h5-6,14-17,20-21,24H,1-2,4,7-13,18-19H2,3H3/b15-14+. The van der Waals surface area contributed by atoms with Gasteiger partial charge in [-0.2, -0.15) is 0 Å². The monoisotopic (exact) mass is 436 g/mol. The molecule has 4 rings (SSSR count). The maximum absolute atomic E-state index is 12.1. The topological polar surface area (TPSA) is 17.1 Å². The summed E-state index contributed by atoms with van der Waals surface area (Å²) in [5, 5.41) is 0. The van der Waals surface area contributed by atoms with Crippen molar-refractivity contribution in [1.82, 2.24) is 0 Å². The Bertz CT molecular complexity index is 1120. The Balaban J connectivity index is 1.65. The molecule has 1 nitrogen and oxygen atoms in total. The lowest BCUT2D eigenvalue weighted by atomic mass is 9.84. The number of carbonyl (C=O) groups excluding carboxylic acids is 1. The first-order chi connectivity index (χ1) is 16.0. The van der Waals surface area contributed by atoms with Crippen LogP contribution in [0.15, 0.2) is 56.2 Å². The number of ketones is 1. The van der Waals surface area contributed by atoms with Crippen LogP contribution in [0.1, 0.15) is 83.0 Å². The molecule has 0 saturated heterocycles. The van der Waals surface area contributed by atoms with Crippen LogP contribution in [0.4, 0.5) is 0 Å². The Hall–Kier alpha value is -2.93. The Morgan fingerprint density at radius 2 is 1.85 bits per heavy atom. The number of benzene rings is 2. The van der Waals surface area contributed by atoms with Gasteiger partial charge in [0.15, 0.2) is 0 Å². The molecule has 0 aromatic heterocycles. The van der Waals surface area contributed by atoms with Crippen LogP contribution in [0.3, 0.4) is 0 Å². The number of allylic oxidation sites excluding steroid dienone is 2. The van der Waals surface area contributed by atoms with Gasteiger partial charge in [0.05, 0.1) is 0 Å². The summed E-state index contributed by atoms with van der Waals surface area (Å²) >= 11 is 0. The summed E-state index contributed by atoms with van der Waals surface area (Å²) in [6, 6.07) is 8.93. The van der Waals surface area contributed by atoms with Gasteiger partial charge in [0.2, 0.25) is 0 Å². The minimum atomic E-state index is 0.271. The molecule has 0 amide bonds. The van der Waals surface area contributed by atoms with Crippen LogP contribution in [0, 0.1) is 12.8 Å². The predicted molar refractivity (Wildman–Crippen MR) is 142 cm³/mol. The highest BCUT2D eigenvalue weighted by atomic mass is 16.1. The molecule has 2 aromatic carbocycles. The Labute approximate surface area is 199 Å². The molecule has 0 N–H and O–H groups in total. The zero-order valence-corrected chi connectivity index (χ0v) is 20.1. The van der Waals surface area contributed by atoms with Gasteiger partial charge in [0, 0.05) is 12.8 Å².